The minimum absolute atomic E-state index is 0.00857. The second-order valence-electron chi connectivity index (χ2n) is 12.2. The first kappa shape index (κ1) is 38.9. The van der Waals surface area contributed by atoms with Gasteiger partial charge in [-0.3, -0.25) is 9.11 Å². The lowest BCUT2D eigenvalue weighted by Gasteiger charge is -2.22. The lowest BCUT2D eigenvalue weighted by atomic mass is 9.95. The van der Waals surface area contributed by atoms with E-state index >= 15 is 0 Å². The lowest BCUT2D eigenvalue weighted by Crippen LogP contribution is -2.17. The summed E-state index contributed by atoms with van der Waals surface area (Å²) in [4.78, 5) is 0. The zero-order chi connectivity index (χ0) is 31.4. The molecule has 0 fully saturated rings. The molecule has 246 valence electrons. The van der Waals surface area contributed by atoms with Crippen LogP contribution in [0.4, 0.5) is 0 Å². The first-order valence-electron chi connectivity index (χ1n) is 16.7. The fraction of sp³-hybridized carbons (Fsp3) is 0.818. The molecule has 9 heteroatoms. The van der Waals surface area contributed by atoms with Gasteiger partial charge in [0.05, 0.1) is 0 Å². The van der Waals surface area contributed by atoms with Crippen LogP contribution in [0.5, 0.6) is 5.75 Å². The predicted molar refractivity (Wildman–Crippen MR) is 174 cm³/mol. The van der Waals surface area contributed by atoms with Gasteiger partial charge in [-0.05, 0) is 43.0 Å². The number of hydrogen-bond acceptors (Lipinski definition) is 5. The third-order valence-corrected chi connectivity index (χ3v) is 10.9. The van der Waals surface area contributed by atoms with E-state index in [-0.39, 0.29) is 29.7 Å². The maximum Gasteiger partial charge on any atom is 0.272 e. The molecule has 0 aliphatic carbocycles. The number of hydrogen-bond donors (Lipinski definition) is 3. The molecule has 1 rings (SSSR count). The van der Waals surface area contributed by atoms with Crippen LogP contribution in [0.25, 0.3) is 0 Å². The molecule has 2 atom stereocenters. The van der Waals surface area contributed by atoms with E-state index in [0.29, 0.717) is 18.4 Å². The zero-order valence-electron chi connectivity index (χ0n) is 26.7. The van der Waals surface area contributed by atoms with Gasteiger partial charge in [-0.1, -0.05) is 142 Å². The molecule has 0 radical (unpaired) electrons. The van der Waals surface area contributed by atoms with E-state index in [2.05, 4.69) is 13.8 Å². The minimum atomic E-state index is -4.55. The van der Waals surface area contributed by atoms with Gasteiger partial charge >= 0.3 is 0 Å². The Kier molecular flexibility index (Phi) is 19.9. The molecule has 0 saturated carbocycles. The van der Waals surface area contributed by atoms with Crippen LogP contribution < -0.4 is 0 Å². The van der Waals surface area contributed by atoms with Crippen LogP contribution in [0.15, 0.2) is 12.1 Å². The minimum Gasteiger partial charge on any atom is -0.508 e. The van der Waals surface area contributed by atoms with Crippen molar-refractivity contribution in [2.45, 2.75) is 173 Å². The summed E-state index contributed by atoms with van der Waals surface area (Å²) in [5.74, 6) is -0.293. The van der Waals surface area contributed by atoms with Crippen LogP contribution in [0.3, 0.4) is 0 Å². The van der Waals surface area contributed by atoms with Crippen LogP contribution in [0.2, 0.25) is 0 Å². The molecule has 0 saturated heterocycles. The van der Waals surface area contributed by atoms with E-state index in [1.807, 2.05) is 0 Å². The highest BCUT2D eigenvalue weighted by atomic mass is 32.2. The van der Waals surface area contributed by atoms with Gasteiger partial charge in [-0.25, -0.2) is 0 Å². The Labute approximate surface area is 257 Å². The Hall–Kier alpha value is -1.16. The molecule has 0 spiro atoms. The van der Waals surface area contributed by atoms with Crippen LogP contribution in [-0.2, 0) is 20.2 Å². The number of unbranched alkanes of at least 4 members (excludes halogenated alkanes) is 18. The maximum absolute atomic E-state index is 12.4. The number of phenolic OH excluding ortho intramolecular Hbond substituents is 1. The summed E-state index contributed by atoms with van der Waals surface area (Å²) in [5.41, 5.74) is 0.725. The SMILES string of the molecule is CCCCCCCCCCCCC(c1cc(C(CCCCCCCCCCCC)S(=O)(=O)O)c(O)cc1C)S(=O)(=O)O. The van der Waals surface area contributed by atoms with Crippen molar-refractivity contribution in [3.63, 3.8) is 0 Å². The molecule has 0 aliphatic rings. The highest BCUT2D eigenvalue weighted by molar-refractivity contribution is 7.86. The van der Waals surface area contributed by atoms with E-state index < -0.39 is 30.7 Å². The van der Waals surface area contributed by atoms with Crippen molar-refractivity contribution in [1.29, 1.82) is 0 Å². The van der Waals surface area contributed by atoms with Gasteiger partial charge in [0.25, 0.3) is 20.2 Å². The van der Waals surface area contributed by atoms with E-state index in [4.69, 9.17) is 0 Å². The third kappa shape index (κ3) is 16.1. The Morgan fingerprint density at radius 3 is 1.17 bits per heavy atom. The van der Waals surface area contributed by atoms with Gasteiger partial charge < -0.3 is 5.11 Å². The van der Waals surface area contributed by atoms with Gasteiger partial charge in [0.15, 0.2) is 0 Å². The average molecular weight is 633 g/mol. The number of phenols is 1. The standard InChI is InChI=1S/C33H60O7S2/c1-4-6-8-10-12-14-16-18-20-22-24-32(41(35,36)37)29-27-30(31(34)26-28(29)3)33(42(38,39)40)25-23-21-19-17-15-13-11-9-7-5-2/h26-27,32-34H,4-25H2,1-3H3,(H,35,36,37)(H,38,39,40). The zero-order valence-corrected chi connectivity index (χ0v) is 28.3. The summed E-state index contributed by atoms with van der Waals surface area (Å²) in [7, 11) is -9.02. The maximum atomic E-state index is 12.4. The fourth-order valence-corrected chi connectivity index (χ4v) is 7.91. The van der Waals surface area contributed by atoms with E-state index in [1.165, 1.54) is 82.8 Å². The normalized spacial score (nSPS) is 13.8. The van der Waals surface area contributed by atoms with Crippen molar-refractivity contribution in [3.8, 4) is 5.75 Å². The largest absolute Gasteiger partial charge is 0.508 e. The molecule has 0 bridgehead atoms. The molecule has 0 aliphatic heterocycles. The van der Waals surface area contributed by atoms with Crippen molar-refractivity contribution in [2.75, 3.05) is 0 Å². The molecule has 42 heavy (non-hydrogen) atoms. The lowest BCUT2D eigenvalue weighted by molar-refractivity contribution is 0.439. The van der Waals surface area contributed by atoms with Crippen LogP contribution >= 0.6 is 0 Å². The summed E-state index contributed by atoms with van der Waals surface area (Å²) < 4.78 is 69.8. The topological polar surface area (TPSA) is 129 Å². The van der Waals surface area contributed by atoms with Crippen LogP contribution in [-0.4, -0.2) is 31.0 Å². The van der Waals surface area contributed by atoms with Gasteiger partial charge in [0, 0.05) is 5.56 Å². The molecule has 1 aromatic carbocycles. The average Bonchev–Trinajstić information content (AvgIpc) is 2.90. The first-order chi connectivity index (χ1) is 19.9. The Morgan fingerprint density at radius 1 is 0.524 bits per heavy atom. The molecule has 2 unspecified atom stereocenters. The summed E-state index contributed by atoms with van der Waals surface area (Å²) in [5, 5.41) is 8.10. The van der Waals surface area contributed by atoms with E-state index in [0.717, 1.165) is 44.9 Å². The van der Waals surface area contributed by atoms with Crippen molar-refractivity contribution < 1.29 is 31.0 Å². The van der Waals surface area contributed by atoms with Crippen molar-refractivity contribution in [1.82, 2.24) is 0 Å². The third-order valence-electron chi connectivity index (χ3n) is 8.47. The van der Waals surface area contributed by atoms with E-state index in [9.17, 15) is 31.0 Å². The number of rotatable bonds is 26. The summed E-state index contributed by atoms with van der Waals surface area (Å²) in [6.45, 7) is 6.04. The second kappa shape index (κ2) is 21.5. The molecule has 7 nitrogen and oxygen atoms in total. The number of aromatic hydroxyl groups is 1. The van der Waals surface area contributed by atoms with Crippen molar-refractivity contribution in [3.05, 3.63) is 28.8 Å². The summed E-state index contributed by atoms with van der Waals surface area (Å²) >= 11 is 0. The Balaban J connectivity index is 2.81. The highest BCUT2D eigenvalue weighted by Gasteiger charge is 2.32. The molecule has 1 aromatic rings. The van der Waals surface area contributed by atoms with Gasteiger partial charge in [-0.2, -0.15) is 16.8 Å². The van der Waals surface area contributed by atoms with Crippen molar-refractivity contribution >= 4 is 20.2 Å². The quantitative estimate of drug-likeness (QED) is 0.0684. The van der Waals surface area contributed by atoms with Crippen LogP contribution in [0, 0.1) is 6.92 Å². The molecular formula is C33H60O7S2. The highest BCUT2D eigenvalue weighted by Crippen LogP contribution is 2.39. The second-order valence-corrected chi connectivity index (χ2v) is 15.4. The monoisotopic (exact) mass is 632 g/mol. The summed E-state index contributed by atoms with van der Waals surface area (Å²) in [6, 6.07) is 2.71. The smallest absolute Gasteiger partial charge is 0.272 e. The summed E-state index contributed by atoms with van der Waals surface area (Å²) in [6.07, 6.45) is 22.1. The van der Waals surface area contributed by atoms with Gasteiger partial charge in [-0.15, -0.1) is 0 Å². The molecule has 0 amide bonds. The van der Waals surface area contributed by atoms with Gasteiger partial charge in [0.1, 0.15) is 16.2 Å². The fourth-order valence-electron chi connectivity index (χ4n) is 5.90. The molecule has 3 N–H and O–H groups in total. The van der Waals surface area contributed by atoms with Crippen LogP contribution in [0.1, 0.15) is 182 Å². The van der Waals surface area contributed by atoms with Gasteiger partial charge in [0.2, 0.25) is 0 Å². The molecular weight excluding hydrogens is 572 g/mol. The molecule has 0 aromatic heterocycles. The Morgan fingerprint density at radius 2 is 0.833 bits per heavy atom. The number of benzene rings is 1. The molecule has 0 heterocycles. The Bertz CT molecular complexity index is 987. The number of aryl methyl sites for hydroxylation is 1. The van der Waals surface area contributed by atoms with Crippen molar-refractivity contribution in [2.24, 2.45) is 0 Å². The van der Waals surface area contributed by atoms with E-state index in [1.54, 1.807) is 6.92 Å². The first-order valence-corrected chi connectivity index (χ1v) is 19.7. The predicted octanol–water partition coefficient (Wildman–Crippen LogP) is 10.2.